The van der Waals surface area contributed by atoms with Gasteiger partial charge in [0.25, 0.3) is 0 Å². The Morgan fingerprint density at radius 1 is 1.38 bits per heavy atom. The monoisotopic (exact) mass is 346 g/mol. The number of nitrogens with zero attached hydrogens (tertiary/aromatic N) is 6. The molecule has 1 aliphatic rings. The lowest BCUT2D eigenvalue weighted by atomic mass is 9.81. The Labute approximate surface area is 150 Å². The first-order valence-corrected chi connectivity index (χ1v) is 8.40. The summed E-state index contributed by atoms with van der Waals surface area (Å²) in [5.41, 5.74) is 3.86. The molecule has 3 aromatic rings. The minimum Gasteiger partial charge on any atom is -0.393 e. The molecule has 1 fully saturated rings. The van der Waals surface area contributed by atoms with Gasteiger partial charge in [0.05, 0.1) is 53.5 Å². The summed E-state index contributed by atoms with van der Waals surface area (Å²) in [5, 5.41) is 28.3. The molecular weight excluding hydrogens is 328 g/mol. The summed E-state index contributed by atoms with van der Waals surface area (Å²) in [6.45, 7) is 0. The van der Waals surface area contributed by atoms with Gasteiger partial charge in [-0.1, -0.05) is 0 Å². The summed E-state index contributed by atoms with van der Waals surface area (Å²) >= 11 is 0. The first kappa shape index (κ1) is 16.0. The lowest BCUT2D eigenvalue weighted by Crippen LogP contribution is -2.25. The fourth-order valence-electron chi connectivity index (χ4n) is 3.19. The average molecular weight is 346 g/mol. The normalized spacial score (nSPS) is 19.8. The van der Waals surface area contributed by atoms with Crippen LogP contribution in [-0.2, 0) is 0 Å². The van der Waals surface area contributed by atoms with Crippen molar-refractivity contribution in [3.63, 3.8) is 0 Å². The molecule has 0 aliphatic heterocycles. The third-order valence-electron chi connectivity index (χ3n) is 4.69. The Bertz CT molecular complexity index is 1030. The zero-order chi connectivity index (χ0) is 18.1. The first-order valence-electron chi connectivity index (χ1n) is 8.40. The van der Waals surface area contributed by atoms with Crippen molar-refractivity contribution in [2.45, 2.75) is 18.9 Å². The average Bonchev–Trinajstić information content (AvgIpc) is 3.27. The van der Waals surface area contributed by atoms with Crippen molar-refractivity contribution in [2.75, 3.05) is 7.05 Å². The van der Waals surface area contributed by atoms with Crippen molar-refractivity contribution in [1.29, 1.82) is 10.7 Å². The van der Waals surface area contributed by atoms with Crippen molar-refractivity contribution in [2.24, 2.45) is 5.92 Å². The van der Waals surface area contributed by atoms with Crippen LogP contribution < -0.4 is 5.32 Å². The fourth-order valence-corrected chi connectivity index (χ4v) is 3.19. The van der Waals surface area contributed by atoms with E-state index >= 15 is 0 Å². The van der Waals surface area contributed by atoms with Crippen LogP contribution in [0.1, 0.15) is 24.6 Å². The number of hydrogen-bond donors (Lipinski definition) is 2. The molecule has 26 heavy (non-hydrogen) atoms. The van der Waals surface area contributed by atoms with Gasteiger partial charge in [-0.05, 0) is 18.9 Å². The van der Waals surface area contributed by atoms with Crippen LogP contribution >= 0.6 is 0 Å². The number of allylic oxidation sites excluding steroid dienone is 1. The molecule has 0 atom stereocenters. The van der Waals surface area contributed by atoms with Crippen molar-refractivity contribution >= 4 is 17.3 Å². The van der Waals surface area contributed by atoms with Gasteiger partial charge < -0.3 is 10.7 Å². The maximum Gasteiger partial charge on any atom is 0.0999 e. The van der Waals surface area contributed by atoms with E-state index in [-0.39, 0.29) is 12.0 Å². The molecule has 0 saturated heterocycles. The number of nitrogens with one attached hydrogen (secondary N) is 2. The second kappa shape index (κ2) is 6.44. The summed E-state index contributed by atoms with van der Waals surface area (Å²) < 4.78 is 3.68. The van der Waals surface area contributed by atoms with Crippen LogP contribution in [0.2, 0.25) is 0 Å². The lowest BCUT2D eigenvalue weighted by Gasteiger charge is -2.30. The van der Waals surface area contributed by atoms with E-state index in [0.717, 1.165) is 29.6 Å². The Hall–Kier alpha value is -3.47. The summed E-state index contributed by atoms with van der Waals surface area (Å²) in [5.74, 6) is 0.137. The highest BCUT2D eigenvalue weighted by atomic mass is 15.3. The predicted octanol–water partition coefficient (Wildman–Crippen LogP) is 2.28. The van der Waals surface area contributed by atoms with Crippen molar-refractivity contribution in [3.8, 4) is 17.3 Å². The van der Waals surface area contributed by atoms with Crippen LogP contribution in [0, 0.1) is 22.7 Å². The molecule has 0 bridgehead atoms. The highest BCUT2D eigenvalue weighted by Crippen LogP contribution is 2.37. The number of nitriles is 1. The Morgan fingerprint density at radius 2 is 2.23 bits per heavy atom. The van der Waals surface area contributed by atoms with Gasteiger partial charge in [-0.15, -0.1) is 0 Å². The van der Waals surface area contributed by atoms with Crippen LogP contribution in [0.4, 0.5) is 0 Å². The largest absolute Gasteiger partial charge is 0.393 e. The molecule has 1 aliphatic carbocycles. The van der Waals surface area contributed by atoms with E-state index in [9.17, 15) is 0 Å². The SMILES string of the molecule is CN/C=C(\C=N)c1cn2nccc2c(-c2cnn(C3CC(C#N)C3)c2)n1. The highest BCUT2D eigenvalue weighted by Gasteiger charge is 2.31. The van der Waals surface area contributed by atoms with Gasteiger partial charge in [0, 0.05) is 36.8 Å². The van der Waals surface area contributed by atoms with Crippen molar-refractivity contribution < 1.29 is 0 Å². The smallest absolute Gasteiger partial charge is 0.0999 e. The highest BCUT2D eigenvalue weighted by molar-refractivity contribution is 6.07. The minimum atomic E-state index is 0.137. The number of aromatic nitrogens is 5. The lowest BCUT2D eigenvalue weighted by molar-refractivity contribution is 0.230. The van der Waals surface area contributed by atoms with Gasteiger partial charge in [0.1, 0.15) is 0 Å². The molecule has 1 saturated carbocycles. The molecule has 0 radical (unpaired) electrons. The third kappa shape index (κ3) is 2.63. The summed E-state index contributed by atoms with van der Waals surface area (Å²) in [6, 6.07) is 4.48. The van der Waals surface area contributed by atoms with Gasteiger partial charge in [0.2, 0.25) is 0 Å². The third-order valence-corrected chi connectivity index (χ3v) is 4.69. The Balaban J connectivity index is 1.75. The van der Waals surface area contributed by atoms with E-state index in [2.05, 4.69) is 21.6 Å². The number of rotatable bonds is 5. The van der Waals surface area contributed by atoms with E-state index in [0.29, 0.717) is 11.3 Å². The van der Waals surface area contributed by atoms with Crippen LogP contribution in [0.3, 0.4) is 0 Å². The van der Waals surface area contributed by atoms with Crippen LogP contribution in [0.25, 0.3) is 22.3 Å². The molecule has 8 nitrogen and oxygen atoms in total. The summed E-state index contributed by atoms with van der Waals surface area (Å²) in [6.07, 6.45) is 12.0. The topological polar surface area (TPSA) is 108 Å². The van der Waals surface area contributed by atoms with Crippen molar-refractivity contribution in [3.05, 3.63) is 42.7 Å². The Morgan fingerprint density at radius 3 is 2.96 bits per heavy atom. The maximum absolute atomic E-state index is 8.95. The second-order valence-corrected chi connectivity index (χ2v) is 6.33. The minimum absolute atomic E-state index is 0.137. The first-order chi connectivity index (χ1) is 12.7. The zero-order valence-electron chi connectivity index (χ0n) is 14.3. The van der Waals surface area contributed by atoms with E-state index in [1.807, 2.05) is 16.9 Å². The second-order valence-electron chi connectivity index (χ2n) is 6.33. The number of fused-ring (bicyclic) bond motifs is 1. The van der Waals surface area contributed by atoms with E-state index in [1.54, 1.807) is 36.4 Å². The molecule has 2 N–H and O–H groups in total. The molecule has 4 rings (SSSR count). The summed E-state index contributed by atoms with van der Waals surface area (Å²) in [4.78, 5) is 4.75. The van der Waals surface area contributed by atoms with Crippen LogP contribution in [0.15, 0.2) is 37.1 Å². The molecule has 3 aromatic heterocycles. The molecule has 130 valence electrons. The molecule has 3 heterocycles. The fraction of sp³-hybridized carbons (Fsp3) is 0.278. The van der Waals surface area contributed by atoms with E-state index in [4.69, 9.17) is 15.7 Å². The standard InChI is InChI=1S/C18H18N8/c1-21-8-13(7-20)16-11-26-17(2-3-22-26)18(24-16)14-9-23-25(10-14)15-4-12(5-15)6-19/h2-3,7-12,15,20-21H,4-5H2,1H3/b13-8+,20-7?. The quantitative estimate of drug-likeness (QED) is 0.689. The molecule has 8 heteroatoms. The van der Waals surface area contributed by atoms with Crippen LogP contribution in [-0.4, -0.2) is 37.6 Å². The van der Waals surface area contributed by atoms with E-state index < -0.39 is 0 Å². The molecular formula is C18H18N8. The molecule has 0 amide bonds. The molecule has 0 unspecified atom stereocenters. The maximum atomic E-state index is 8.95. The summed E-state index contributed by atoms with van der Waals surface area (Å²) in [7, 11) is 1.79. The Kier molecular flexibility index (Phi) is 3.97. The van der Waals surface area contributed by atoms with E-state index in [1.165, 1.54) is 6.21 Å². The van der Waals surface area contributed by atoms with Gasteiger partial charge in [0.15, 0.2) is 0 Å². The number of hydrogen-bond acceptors (Lipinski definition) is 6. The predicted molar refractivity (Wildman–Crippen MR) is 97.4 cm³/mol. The van der Waals surface area contributed by atoms with Crippen LogP contribution in [0.5, 0.6) is 0 Å². The van der Waals surface area contributed by atoms with Crippen molar-refractivity contribution in [1.82, 2.24) is 29.7 Å². The van der Waals surface area contributed by atoms with Gasteiger partial charge in [-0.25, -0.2) is 9.50 Å². The van der Waals surface area contributed by atoms with Gasteiger partial charge >= 0.3 is 0 Å². The van der Waals surface area contributed by atoms with Gasteiger partial charge in [-0.2, -0.15) is 15.5 Å². The zero-order valence-corrected chi connectivity index (χ0v) is 14.3. The molecule has 0 spiro atoms. The van der Waals surface area contributed by atoms with Gasteiger partial charge in [-0.3, -0.25) is 4.68 Å². The molecule has 0 aromatic carbocycles.